The lowest BCUT2D eigenvalue weighted by Gasteiger charge is -2.34. The number of morpholine rings is 1. The van der Waals surface area contributed by atoms with Gasteiger partial charge in [0.1, 0.15) is 17.1 Å². The smallest absolute Gasteiger partial charge is 0.149 e. The van der Waals surface area contributed by atoms with Gasteiger partial charge in [-0.25, -0.2) is 9.97 Å². The van der Waals surface area contributed by atoms with Crippen LogP contribution in [0.15, 0.2) is 42.9 Å². The number of pyridine rings is 1. The number of hydrogen-bond acceptors (Lipinski definition) is 9. The summed E-state index contributed by atoms with van der Waals surface area (Å²) in [6.45, 7) is 7.59. The molecular formula is C28H37N7O2. The summed E-state index contributed by atoms with van der Waals surface area (Å²) in [4.78, 5) is 21.0. The molecule has 0 radical (unpaired) electrons. The van der Waals surface area contributed by atoms with E-state index >= 15 is 0 Å². The zero-order chi connectivity index (χ0) is 25.0. The van der Waals surface area contributed by atoms with Crippen LogP contribution in [0.25, 0.3) is 11.0 Å². The maximum absolute atomic E-state index is 6.58. The van der Waals surface area contributed by atoms with Crippen molar-refractivity contribution in [1.82, 2.24) is 19.9 Å². The maximum atomic E-state index is 6.58. The Labute approximate surface area is 218 Å². The van der Waals surface area contributed by atoms with E-state index in [4.69, 9.17) is 14.5 Å². The van der Waals surface area contributed by atoms with Crippen LogP contribution >= 0.6 is 0 Å². The number of nitrogens with one attached hydrogen (secondary N) is 1. The average Bonchev–Trinajstić information content (AvgIpc) is 2.95. The van der Waals surface area contributed by atoms with E-state index in [0.717, 1.165) is 106 Å². The Bertz CT molecular complexity index is 1170. The standard InChI is InChI=1S/C28H37N7O2/c1-33-10-12-34(13-11-33)22-4-7-27(31-20-22)32-21-2-5-24(6-3-21)37-26-19-23(35-14-16-36-17-15-35)18-25-28(26)30-9-8-29-25/h4,7-9,18-21,24H,2-3,5-6,10-17H2,1H3,(H,31,32)/t21-,24+. The molecule has 0 amide bonds. The summed E-state index contributed by atoms with van der Waals surface area (Å²) in [7, 11) is 2.18. The fourth-order valence-electron chi connectivity index (χ4n) is 5.56. The van der Waals surface area contributed by atoms with Crippen LogP contribution in [0.4, 0.5) is 17.2 Å². The number of hydrogen-bond donors (Lipinski definition) is 1. The number of fused-ring (bicyclic) bond motifs is 1. The first-order valence-electron chi connectivity index (χ1n) is 13.6. The van der Waals surface area contributed by atoms with Crippen molar-refractivity contribution >= 4 is 28.2 Å². The van der Waals surface area contributed by atoms with Gasteiger partial charge in [-0.15, -0.1) is 0 Å². The molecule has 37 heavy (non-hydrogen) atoms. The van der Waals surface area contributed by atoms with E-state index in [1.54, 1.807) is 12.4 Å². The molecule has 3 aliphatic rings. The molecule has 2 aliphatic heterocycles. The molecular weight excluding hydrogens is 466 g/mol. The minimum absolute atomic E-state index is 0.177. The molecule has 1 aromatic carbocycles. The third-order valence-electron chi connectivity index (χ3n) is 7.84. The van der Waals surface area contributed by atoms with Crippen molar-refractivity contribution in [3.05, 3.63) is 42.9 Å². The first kappa shape index (κ1) is 24.2. The van der Waals surface area contributed by atoms with Crippen LogP contribution in [0.1, 0.15) is 25.7 Å². The van der Waals surface area contributed by atoms with Gasteiger partial charge in [0.15, 0.2) is 0 Å². The Balaban J connectivity index is 1.06. The zero-order valence-electron chi connectivity index (χ0n) is 21.7. The highest BCUT2D eigenvalue weighted by Gasteiger charge is 2.24. The third kappa shape index (κ3) is 5.72. The van der Waals surface area contributed by atoms with Crippen molar-refractivity contribution < 1.29 is 9.47 Å². The molecule has 2 saturated heterocycles. The van der Waals surface area contributed by atoms with Crippen molar-refractivity contribution in [2.75, 3.05) is 74.6 Å². The van der Waals surface area contributed by atoms with Gasteiger partial charge in [0.2, 0.25) is 0 Å². The Morgan fingerprint density at radius 1 is 0.838 bits per heavy atom. The van der Waals surface area contributed by atoms with Gasteiger partial charge < -0.3 is 29.5 Å². The highest BCUT2D eigenvalue weighted by Crippen LogP contribution is 2.33. The summed E-state index contributed by atoms with van der Waals surface area (Å²) in [5.74, 6) is 1.80. The molecule has 0 unspecified atom stereocenters. The molecule has 1 aliphatic carbocycles. The second kappa shape index (κ2) is 11.1. The highest BCUT2D eigenvalue weighted by molar-refractivity contribution is 5.85. The van der Waals surface area contributed by atoms with Crippen molar-refractivity contribution in [3.8, 4) is 5.75 Å². The van der Waals surface area contributed by atoms with Crippen molar-refractivity contribution in [2.24, 2.45) is 0 Å². The van der Waals surface area contributed by atoms with E-state index in [1.165, 1.54) is 5.69 Å². The molecule has 9 nitrogen and oxygen atoms in total. The zero-order valence-corrected chi connectivity index (χ0v) is 21.7. The minimum Gasteiger partial charge on any atom is -0.488 e. The maximum Gasteiger partial charge on any atom is 0.149 e. The van der Waals surface area contributed by atoms with E-state index in [2.05, 4.69) is 61.3 Å². The molecule has 1 saturated carbocycles. The fourth-order valence-corrected chi connectivity index (χ4v) is 5.56. The monoisotopic (exact) mass is 503 g/mol. The summed E-state index contributed by atoms with van der Waals surface area (Å²) in [6.07, 6.45) is 9.79. The van der Waals surface area contributed by atoms with Crippen LogP contribution in [0.3, 0.4) is 0 Å². The van der Waals surface area contributed by atoms with Crippen LogP contribution in [0.2, 0.25) is 0 Å². The predicted molar refractivity (Wildman–Crippen MR) is 147 cm³/mol. The van der Waals surface area contributed by atoms with E-state index < -0.39 is 0 Å². The van der Waals surface area contributed by atoms with Gasteiger partial charge in [0, 0.05) is 69.5 Å². The van der Waals surface area contributed by atoms with E-state index in [-0.39, 0.29) is 6.10 Å². The fraction of sp³-hybridized carbons (Fsp3) is 0.536. The van der Waals surface area contributed by atoms with Crippen molar-refractivity contribution in [3.63, 3.8) is 0 Å². The largest absolute Gasteiger partial charge is 0.488 e. The highest BCUT2D eigenvalue weighted by atomic mass is 16.5. The van der Waals surface area contributed by atoms with Crippen LogP contribution in [0.5, 0.6) is 5.75 Å². The number of nitrogens with zero attached hydrogens (tertiary/aromatic N) is 6. The quantitative estimate of drug-likeness (QED) is 0.544. The molecule has 196 valence electrons. The van der Waals surface area contributed by atoms with E-state index in [9.17, 15) is 0 Å². The number of benzene rings is 1. The number of piperazine rings is 1. The van der Waals surface area contributed by atoms with E-state index in [1.807, 2.05) is 6.20 Å². The number of ether oxygens (including phenoxy) is 2. The molecule has 3 fully saturated rings. The summed E-state index contributed by atoms with van der Waals surface area (Å²) in [5.41, 5.74) is 4.06. The van der Waals surface area contributed by atoms with Gasteiger partial charge >= 0.3 is 0 Å². The van der Waals surface area contributed by atoms with Crippen LogP contribution in [-0.2, 0) is 4.74 Å². The van der Waals surface area contributed by atoms with Gasteiger partial charge in [-0.2, -0.15) is 0 Å². The Morgan fingerprint density at radius 3 is 2.35 bits per heavy atom. The van der Waals surface area contributed by atoms with Gasteiger partial charge in [-0.05, 0) is 50.9 Å². The predicted octanol–water partition coefficient (Wildman–Crippen LogP) is 3.42. The third-order valence-corrected chi connectivity index (χ3v) is 7.84. The second-order valence-corrected chi connectivity index (χ2v) is 10.4. The first-order valence-corrected chi connectivity index (χ1v) is 13.6. The topological polar surface area (TPSA) is 78.9 Å². The molecule has 2 aromatic heterocycles. The Kier molecular flexibility index (Phi) is 7.23. The number of aromatic nitrogens is 3. The Hall–Kier alpha value is -3.17. The van der Waals surface area contributed by atoms with Gasteiger partial charge in [-0.1, -0.05) is 0 Å². The van der Waals surface area contributed by atoms with Gasteiger partial charge in [0.25, 0.3) is 0 Å². The van der Waals surface area contributed by atoms with Gasteiger partial charge in [-0.3, -0.25) is 4.98 Å². The number of anilines is 3. The first-order chi connectivity index (χ1) is 18.2. The minimum atomic E-state index is 0.177. The van der Waals surface area contributed by atoms with E-state index in [0.29, 0.717) is 6.04 Å². The Morgan fingerprint density at radius 2 is 1.59 bits per heavy atom. The van der Waals surface area contributed by atoms with Crippen LogP contribution < -0.4 is 19.9 Å². The molecule has 0 spiro atoms. The lowest BCUT2D eigenvalue weighted by molar-refractivity contribution is 0.122. The normalized spacial score (nSPS) is 23.3. The molecule has 1 N–H and O–H groups in total. The van der Waals surface area contributed by atoms with Crippen LogP contribution in [-0.4, -0.2) is 91.5 Å². The van der Waals surface area contributed by atoms with Crippen LogP contribution in [0, 0.1) is 0 Å². The van der Waals surface area contributed by atoms with Gasteiger partial charge in [0.05, 0.1) is 36.7 Å². The summed E-state index contributed by atoms with van der Waals surface area (Å²) in [5, 5.41) is 3.65. The van der Waals surface area contributed by atoms with Crippen molar-refractivity contribution in [1.29, 1.82) is 0 Å². The molecule has 3 aromatic rings. The second-order valence-electron chi connectivity index (χ2n) is 10.4. The number of rotatable bonds is 6. The molecule has 9 heteroatoms. The summed E-state index contributed by atoms with van der Waals surface area (Å²) < 4.78 is 12.1. The lowest BCUT2D eigenvalue weighted by atomic mass is 9.93. The molecule has 0 atom stereocenters. The number of likely N-dealkylation sites (N-methyl/N-ethyl adjacent to an activating group) is 1. The summed E-state index contributed by atoms with van der Waals surface area (Å²) in [6, 6.07) is 8.99. The van der Waals surface area contributed by atoms with Crippen molar-refractivity contribution in [2.45, 2.75) is 37.8 Å². The SMILES string of the molecule is CN1CCN(c2ccc(N[C@H]3CC[C@@H](Oc4cc(N5CCOCC5)cc5nccnc45)CC3)nc2)CC1. The summed E-state index contributed by atoms with van der Waals surface area (Å²) >= 11 is 0. The molecule has 6 rings (SSSR count). The lowest BCUT2D eigenvalue weighted by Crippen LogP contribution is -2.44. The average molecular weight is 504 g/mol. The molecule has 4 heterocycles. The molecule has 0 bridgehead atoms.